The molecular weight excluding hydrogens is 288 g/mol. The smallest absolute Gasteiger partial charge is 0.229 e. The number of hydrogen-bond acceptors (Lipinski definition) is 5. The van der Waals surface area contributed by atoms with E-state index in [4.69, 9.17) is 4.74 Å². The summed E-state index contributed by atoms with van der Waals surface area (Å²) >= 11 is 0. The molecule has 0 aliphatic carbocycles. The summed E-state index contributed by atoms with van der Waals surface area (Å²) in [6.07, 6.45) is 0. The quantitative estimate of drug-likeness (QED) is 0.736. The lowest BCUT2D eigenvalue weighted by atomic mass is 10.3. The highest BCUT2D eigenvalue weighted by atomic mass is 16.5. The lowest BCUT2D eigenvalue weighted by molar-refractivity contribution is 0.417. The van der Waals surface area contributed by atoms with E-state index in [9.17, 15) is 0 Å². The molecule has 2 N–H and O–H groups in total. The molecular formula is C18H18N4O. The summed E-state index contributed by atoms with van der Waals surface area (Å²) in [4.78, 5) is 8.93. The number of nitrogens with zero attached hydrogens (tertiary/aromatic N) is 2. The summed E-state index contributed by atoms with van der Waals surface area (Å²) in [6.45, 7) is 1.94. The SMILES string of the molecule is COc1ccccc1Nc1cc(C)nc(Nc2ccccc2)n1. The van der Waals surface area contributed by atoms with Crippen molar-refractivity contribution >= 4 is 23.1 Å². The van der Waals surface area contributed by atoms with Gasteiger partial charge in [0.1, 0.15) is 11.6 Å². The van der Waals surface area contributed by atoms with Crippen molar-refractivity contribution in [3.63, 3.8) is 0 Å². The molecule has 1 aromatic heterocycles. The molecule has 0 spiro atoms. The number of benzene rings is 2. The first-order valence-electron chi connectivity index (χ1n) is 7.32. The highest BCUT2D eigenvalue weighted by Gasteiger charge is 2.06. The summed E-state index contributed by atoms with van der Waals surface area (Å²) in [6, 6.07) is 19.5. The normalized spacial score (nSPS) is 10.2. The fourth-order valence-corrected chi connectivity index (χ4v) is 2.22. The van der Waals surface area contributed by atoms with Crippen molar-refractivity contribution in [2.24, 2.45) is 0 Å². The molecule has 0 amide bonds. The summed E-state index contributed by atoms with van der Waals surface area (Å²) in [5.41, 5.74) is 2.68. The Bertz CT molecular complexity index is 790. The minimum Gasteiger partial charge on any atom is -0.495 e. The Morgan fingerprint density at radius 1 is 0.870 bits per heavy atom. The van der Waals surface area contributed by atoms with Crippen molar-refractivity contribution in [1.29, 1.82) is 0 Å². The number of para-hydroxylation sites is 3. The molecule has 5 nitrogen and oxygen atoms in total. The van der Waals surface area contributed by atoms with Crippen LogP contribution in [-0.4, -0.2) is 17.1 Å². The predicted molar refractivity (Wildman–Crippen MR) is 92.8 cm³/mol. The Morgan fingerprint density at radius 2 is 1.61 bits per heavy atom. The second-order valence-electron chi connectivity index (χ2n) is 5.03. The van der Waals surface area contributed by atoms with Crippen LogP contribution in [0.5, 0.6) is 5.75 Å². The van der Waals surface area contributed by atoms with Gasteiger partial charge in [0.15, 0.2) is 0 Å². The molecule has 0 saturated heterocycles. The van der Waals surface area contributed by atoms with Gasteiger partial charge in [0.25, 0.3) is 0 Å². The first-order valence-corrected chi connectivity index (χ1v) is 7.32. The minimum atomic E-state index is 0.550. The van der Waals surface area contributed by atoms with Crippen molar-refractivity contribution in [3.8, 4) is 5.75 Å². The molecule has 0 radical (unpaired) electrons. The number of rotatable bonds is 5. The number of anilines is 4. The highest BCUT2D eigenvalue weighted by Crippen LogP contribution is 2.27. The van der Waals surface area contributed by atoms with E-state index in [-0.39, 0.29) is 0 Å². The molecule has 3 rings (SSSR count). The van der Waals surface area contributed by atoms with Gasteiger partial charge in [-0.2, -0.15) is 4.98 Å². The molecule has 0 aliphatic rings. The van der Waals surface area contributed by atoms with E-state index in [2.05, 4.69) is 20.6 Å². The molecule has 1 heterocycles. The maximum Gasteiger partial charge on any atom is 0.229 e. The first-order chi connectivity index (χ1) is 11.2. The summed E-state index contributed by atoms with van der Waals surface area (Å²) in [7, 11) is 1.65. The summed E-state index contributed by atoms with van der Waals surface area (Å²) in [5.74, 6) is 2.02. The Balaban J connectivity index is 1.86. The van der Waals surface area contributed by atoms with Crippen LogP contribution in [0, 0.1) is 6.92 Å². The van der Waals surface area contributed by atoms with Crippen LogP contribution in [-0.2, 0) is 0 Å². The van der Waals surface area contributed by atoms with E-state index in [0.717, 1.165) is 22.8 Å². The fraction of sp³-hybridized carbons (Fsp3) is 0.111. The minimum absolute atomic E-state index is 0.550. The number of methoxy groups -OCH3 is 1. The Kier molecular flexibility index (Phi) is 4.38. The van der Waals surface area contributed by atoms with Gasteiger partial charge in [0, 0.05) is 17.4 Å². The van der Waals surface area contributed by atoms with Crippen LogP contribution in [0.15, 0.2) is 60.7 Å². The molecule has 0 unspecified atom stereocenters. The highest BCUT2D eigenvalue weighted by molar-refractivity contribution is 5.65. The molecule has 0 aliphatic heterocycles. The van der Waals surface area contributed by atoms with Gasteiger partial charge in [-0.15, -0.1) is 0 Å². The average Bonchev–Trinajstić information content (AvgIpc) is 2.56. The van der Waals surface area contributed by atoms with Crippen LogP contribution in [0.25, 0.3) is 0 Å². The predicted octanol–water partition coefficient (Wildman–Crippen LogP) is 4.28. The fourth-order valence-electron chi connectivity index (χ4n) is 2.22. The number of nitrogens with one attached hydrogen (secondary N) is 2. The van der Waals surface area contributed by atoms with E-state index in [1.54, 1.807) is 7.11 Å². The van der Waals surface area contributed by atoms with Gasteiger partial charge in [-0.3, -0.25) is 0 Å². The van der Waals surface area contributed by atoms with Crippen LogP contribution in [0.1, 0.15) is 5.69 Å². The molecule has 2 aromatic carbocycles. The lowest BCUT2D eigenvalue weighted by Crippen LogP contribution is -2.03. The molecule has 0 saturated carbocycles. The number of aromatic nitrogens is 2. The topological polar surface area (TPSA) is 59.1 Å². The van der Waals surface area contributed by atoms with Crippen molar-refractivity contribution in [2.45, 2.75) is 6.92 Å². The molecule has 0 bridgehead atoms. The Labute approximate surface area is 135 Å². The molecule has 3 aromatic rings. The Morgan fingerprint density at radius 3 is 2.39 bits per heavy atom. The lowest BCUT2D eigenvalue weighted by Gasteiger charge is -2.12. The largest absolute Gasteiger partial charge is 0.495 e. The second kappa shape index (κ2) is 6.79. The van der Waals surface area contributed by atoms with Gasteiger partial charge in [-0.25, -0.2) is 4.98 Å². The van der Waals surface area contributed by atoms with Gasteiger partial charge in [0.05, 0.1) is 12.8 Å². The maximum absolute atomic E-state index is 5.35. The van der Waals surface area contributed by atoms with Gasteiger partial charge in [-0.1, -0.05) is 30.3 Å². The van der Waals surface area contributed by atoms with Crippen LogP contribution in [0.2, 0.25) is 0 Å². The third-order valence-electron chi connectivity index (χ3n) is 3.25. The monoisotopic (exact) mass is 306 g/mol. The zero-order valence-corrected chi connectivity index (χ0v) is 13.1. The van der Waals surface area contributed by atoms with Gasteiger partial charge in [0.2, 0.25) is 5.95 Å². The van der Waals surface area contributed by atoms with E-state index in [0.29, 0.717) is 11.8 Å². The first kappa shape index (κ1) is 14.8. The molecule has 5 heteroatoms. The van der Waals surface area contributed by atoms with Gasteiger partial charge in [-0.05, 0) is 31.2 Å². The van der Waals surface area contributed by atoms with Crippen LogP contribution in [0.4, 0.5) is 23.1 Å². The average molecular weight is 306 g/mol. The molecule has 0 fully saturated rings. The third kappa shape index (κ3) is 3.77. The van der Waals surface area contributed by atoms with E-state index >= 15 is 0 Å². The van der Waals surface area contributed by atoms with Gasteiger partial charge >= 0.3 is 0 Å². The van der Waals surface area contributed by atoms with E-state index < -0.39 is 0 Å². The molecule has 23 heavy (non-hydrogen) atoms. The summed E-state index contributed by atoms with van der Waals surface area (Å²) < 4.78 is 5.35. The van der Waals surface area contributed by atoms with Crippen molar-refractivity contribution < 1.29 is 4.74 Å². The van der Waals surface area contributed by atoms with Crippen molar-refractivity contribution in [3.05, 3.63) is 66.4 Å². The maximum atomic E-state index is 5.35. The van der Waals surface area contributed by atoms with Crippen LogP contribution < -0.4 is 15.4 Å². The van der Waals surface area contributed by atoms with E-state index in [1.165, 1.54) is 0 Å². The summed E-state index contributed by atoms with van der Waals surface area (Å²) in [5, 5.41) is 6.48. The van der Waals surface area contributed by atoms with Crippen molar-refractivity contribution in [1.82, 2.24) is 9.97 Å². The number of ether oxygens (including phenoxy) is 1. The standard InChI is InChI=1S/C18H18N4O/c1-13-12-17(21-15-10-6-7-11-16(15)23-2)22-18(19-13)20-14-8-4-3-5-9-14/h3-12H,1-2H3,(H2,19,20,21,22). The zero-order valence-electron chi connectivity index (χ0n) is 13.1. The molecule has 116 valence electrons. The number of aryl methyl sites for hydroxylation is 1. The number of hydrogen-bond donors (Lipinski definition) is 2. The van der Waals surface area contributed by atoms with Crippen molar-refractivity contribution in [2.75, 3.05) is 17.7 Å². The zero-order chi connectivity index (χ0) is 16.1. The van der Waals surface area contributed by atoms with Crippen LogP contribution >= 0.6 is 0 Å². The van der Waals surface area contributed by atoms with E-state index in [1.807, 2.05) is 67.6 Å². The van der Waals surface area contributed by atoms with Crippen LogP contribution in [0.3, 0.4) is 0 Å². The van der Waals surface area contributed by atoms with Gasteiger partial charge < -0.3 is 15.4 Å². The Hall–Kier alpha value is -3.08. The third-order valence-corrected chi connectivity index (χ3v) is 3.25. The second-order valence-corrected chi connectivity index (χ2v) is 5.03. The molecule has 0 atom stereocenters.